The number of aliphatic hydroxyl groups is 2. The Morgan fingerprint density at radius 3 is 2.44 bits per heavy atom. The number of fused-ring (bicyclic) bond motifs is 1. The Kier molecular flexibility index (Phi) is 4.44. The van der Waals surface area contributed by atoms with Crippen LogP contribution in [0.3, 0.4) is 0 Å². The summed E-state index contributed by atoms with van der Waals surface area (Å²) in [7, 11) is 0. The molecular formula is C20H28O5. The van der Waals surface area contributed by atoms with Crippen molar-refractivity contribution in [1.82, 2.24) is 0 Å². The molecule has 0 spiro atoms. The molecule has 5 heteroatoms. The van der Waals surface area contributed by atoms with Gasteiger partial charge in [0, 0.05) is 17.6 Å². The number of allylic oxidation sites excluding steroid dienone is 1. The van der Waals surface area contributed by atoms with E-state index >= 15 is 0 Å². The molecule has 0 amide bonds. The van der Waals surface area contributed by atoms with Gasteiger partial charge in [-0.1, -0.05) is 32.8 Å². The predicted octanol–water partition coefficient (Wildman–Crippen LogP) is 2.66. The summed E-state index contributed by atoms with van der Waals surface area (Å²) in [5.74, 6) is -0.813. The van der Waals surface area contributed by atoms with Crippen molar-refractivity contribution in [2.75, 3.05) is 0 Å². The number of esters is 1. The quantitative estimate of drug-likeness (QED) is 0.766. The Labute approximate surface area is 148 Å². The molecule has 3 aliphatic rings. The zero-order valence-electron chi connectivity index (χ0n) is 15.5. The molecule has 0 bridgehead atoms. The Morgan fingerprint density at radius 1 is 1.16 bits per heavy atom. The number of carbonyl (C=O) groups is 2. The molecule has 2 N–H and O–H groups in total. The fourth-order valence-electron chi connectivity index (χ4n) is 5.53. The van der Waals surface area contributed by atoms with Crippen LogP contribution in [-0.4, -0.2) is 34.4 Å². The molecule has 4 atom stereocenters. The Hall–Kier alpha value is -1.46. The minimum atomic E-state index is -1.18. The molecular weight excluding hydrogens is 320 g/mol. The van der Waals surface area contributed by atoms with Crippen molar-refractivity contribution in [3.63, 3.8) is 0 Å². The summed E-state index contributed by atoms with van der Waals surface area (Å²) in [5, 5.41) is 20.5. The fraction of sp³-hybridized carbons (Fsp3) is 0.700. The second-order valence-corrected chi connectivity index (χ2v) is 8.66. The summed E-state index contributed by atoms with van der Waals surface area (Å²) >= 11 is 0. The average molecular weight is 348 g/mol. The Balaban J connectivity index is 1.94. The van der Waals surface area contributed by atoms with E-state index in [9.17, 15) is 19.8 Å². The van der Waals surface area contributed by atoms with Gasteiger partial charge in [0.15, 0.2) is 5.78 Å². The zero-order chi connectivity index (χ0) is 18.6. The number of aliphatic hydroxyl groups excluding tert-OH is 2. The van der Waals surface area contributed by atoms with Gasteiger partial charge in [-0.2, -0.15) is 0 Å². The van der Waals surface area contributed by atoms with E-state index in [-0.39, 0.29) is 22.5 Å². The minimum absolute atomic E-state index is 0.111. The number of hydrogen-bond acceptors (Lipinski definition) is 5. The zero-order valence-corrected chi connectivity index (χ0v) is 15.5. The summed E-state index contributed by atoms with van der Waals surface area (Å²) in [5.41, 5.74) is 1.91. The van der Waals surface area contributed by atoms with Crippen LogP contribution in [0.5, 0.6) is 0 Å². The molecule has 1 fully saturated rings. The van der Waals surface area contributed by atoms with E-state index in [4.69, 9.17) is 4.74 Å². The van der Waals surface area contributed by atoms with Crippen molar-refractivity contribution in [2.24, 2.45) is 16.7 Å². The molecule has 3 rings (SSSR count). The lowest BCUT2D eigenvalue weighted by Gasteiger charge is -2.56. The van der Waals surface area contributed by atoms with Crippen LogP contribution in [0, 0.1) is 16.7 Å². The van der Waals surface area contributed by atoms with Crippen LogP contribution in [0.2, 0.25) is 0 Å². The van der Waals surface area contributed by atoms with Gasteiger partial charge in [-0.15, -0.1) is 0 Å². The van der Waals surface area contributed by atoms with Gasteiger partial charge >= 0.3 is 5.97 Å². The van der Waals surface area contributed by atoms with Gasteiger partial charge in [0.2, 0.25) is 6.29 Å². The first-order valence-electron chi connectivity index (χ1n) is 9.09. The Morgan fingerprint density at radius 2 is 1.84 bits per heavy atom. The highest BCUT2D eigenvalue weighted by atomic mass is 16.6. The number of carbonyl (C=O) groups excluding carboxylic acids is 2. The SMILES string of the molecule is CC1=C(CCC2=CC(=O)OC2O)C2(C)CCCC(C)(C)C2C(O)C1=O. The predicted molar refractivity (Wildman–Crippen MR) is 92.4 cm³/mol. The molecule has 25 heavy (non-hydrogen) atoms. The average Bonchev–Trinajstić information content (AvgIpc) is 2.81. The van der Waals surface area contributed by atoms with Crippen molar-refractivity contribution in [3.8, 4) is 0 Å². The summed E-state index contributed by atoms with van der Waals surface area (Å²) in [6.45, 7) is 8.23. The van der Waals surface area contributed by atoms with Crippen LogP contribution >= 0.6 is 0 Å². The van der Waals surface area contributed by atoms with E-state index in [1.54, 1.807) is 6.92 Å². The van der Waals surface area contributed by atoms with E-state index in [0.717, 1.165) is 24.8 Å². The molecule has 1 aliphatic heterocycles. The highest BCUT2D eigenvalue weighted by molar-refractivity contribution is 6.00. The van der Waals surface area contributed by atoms with Gasteiger partial charge in [0.05, 0.1) is 0 Å². The smallest absolute Gasteiger partial charge is 0.333 e. The van der Waals surface area contributed by atoms with Crippen molar-refractivity contribution in [2.45, 2.75) is 72.2 Å². The van der Waals surface area contributed by atoms with Gasteiger partial charge in [-0.25, -0.2) is 4.79 Å². The number of ketones is 1. The maximum atomic E-state index is 12.7. The van der Waals surface area contributed by atoms with Crippen LogP contribution in [-0.2, 0) is 14.3 Å². The van der Waals surface area contributed by atoms with E-state index in [1.807, 2.05) is 0 Å². The van der Waals surface area contributed by atoms with E-state index in [2.05, 4.69) is 20.8 Å². The molecule has 5 nitrogen and oxygen atoms in total. The molecule has 4 unspecified atom stereocenters. The highest BCUT2D eigenvalue weighted by Crippen LogP contribution is 2.59. The summed E-state index contributed by atoms with van der Waals surface area (Å²) in [6, 6.07) is 0. The van der Waals surface area contributed by atoms with Crippen LogP contribution in [0.15, 0.2) is 22.8 Å². The first-order chi connectivity index (χ1) is 11.6. The van der Waals surface area contributed by atoms with Crippen molar-refractivity contribution in [3.05, 3.63) is 22.8 Å². The van der Waals surface area contributed by atoms with Crippen molar-refractivity contribution < 1.29 is 24.5 Å². The number of ether oxygens (including phenoxy) is 1. The largest absolute Gasteiger partial charge is 0.429 e. The van der Waals surface area contributed by atoms with Gasteiger partial charge in [0.25, 0.3) is 0 Å². The molecule has 138 valence electrons. The molecule has 0 saturated heterocycles. The highest BCUT2D eigenvalue weighted by Gasteiger charge is 2.56. The maximum Gasteiger partial charge on any atom is 0.333 e. The van der Waals surface area contributed by atoms with Crippen LogP contribution in [0.25, 0.3) is 0 Å². The minimum Gasteiger partial charge on any atom is -0.429 e. The van der Waals surface area contributed by atoms with Gasteiger partial charge in [0.1, 0.15) is 6.10 Å². The molecule has 2 aliphatic carbocycles. The van der Waals surface area contributed by atoms with Gasteiger partial charge in [-0.3, -0.25) is 4.79 Å². The molecule has 0 radical (unpaired) electrons. The molecule has 0 aromatic rings. The number of cyclic esters (lactones) is 1. The van der Waals surface area contributed by atoms with Crippen LogP contribution in [0.4, 0.5) is 0 Å². The number of Topliss-reactive ketones (excluding diaryl/α,β-unsaturated/α-hetero) is 1. The lowest BCUT2D eigenvalue weighted by atomic mass is 9.48. The van der Waals surface area contributed by atoms with Crippen molar-refractivity contribution in [1.29, 1.82) is 0 Å². The lowest BCUT2D eigenvalue weighted by Crippen LogP contribution is -2.55. The monoisotopic (exact) mass is 348 g/mol. The second kappa shape index (κ2) is 6.06. The first kappa shape index (κ1) is 18.3. The summed E-state index contributed by atoms with van der Waals surface area (Å²) < 4.78 is 4.74. The standard InChI is InChI=1S/C20H28O5/c1-11-13(7-6-12-10-14(21)25-18(12)24)20(4)9-5-8-19(2,3)17(20)16(23)15(11)22/h10,16-18,23-24H,5-9H2,1-4H3. The third-order valence-electron chi connectivity index (χ3n) is 6.65. The van der Waals surface area contributed by atoms with Crippen molar-refractivity contribution >= 4 is 11.8 Å². The van der Waals surface area contributed by atoms with Crippen LogP contribution < -0.4 is 0 Å². The fourth-order valence-corrected chi connectivity index (χ4v) is 5.53. The normalized spacial score (nSPS) is 37.7. The Bertz CT molecular complexity index is 672. The van der Waals surface area contributed by atoms with E-state index < -0.39 is 18.4 Å². The van der Waals surface area contributed by atoms with Gasteiger partial charge in [-0.05, 0) is 49.0 Å². The topological polar surface area (TPSA) is 83.8 Å². The molecule has 1 heterocycles. The lowest BCUT2D eigenvalue weighted by molar-refractivity contribution is -0.151. The molecule has 0 aromatic heterocycles. The number of rotatable bonds is 3. The molecule has 1 saturated carbocycles. The summed E-state index contributed by atoms with van der Waals surface area (Å²) in [4.78, 5) is 24.0. The third kappa shape index (κ3) is 2.87. The van der Waals surface area contributed by atoms with Gasteiger partial charge < -0.3 is 14.9 Å². The third-order valence-corrected chi connectivity index (χ3v) is 6.65. The maximum absolute atomic E-state index is 12.7. The second-order valence-electron chi connectivity index (χ2n) is 8.66. The van der Waals surface area contributed by atoms with Crippen LogP contribution in [0.1, 0.15) is 59.8 Å². The molecule has 0 aromatic carbocycles. The van der Waals surface area contributed by atoms with E-state index in [1.165, 1.54) is 6.08 Å². The number of hydrogen-bond donors (Lipinski definition) is 2. The summed E-state index contributed by atoms with van der Waals surface area (Å²) in [6.07, 6.45) is 3.27. The van der Waals surface area contributed by atoms with E-state index in [0.29, 0.717) is 24.0 Å². The first-order valence-corrected chi connectivity index (χ1v) is 9.09.